The van der Waals surface area contributed by atoms with Crippen molar-refractivity contribution in [2.24, 2.45) is 0 Å². The Bertz CT molecular complexity index is 564. The lowest BCUT2D eigenvalue weighted by Gasteiger charge is -2.27. The van der Waals surface area contributed by atoms with Gasteiger partial charge in [-0.15, -0.1) is 0 Å². The second-order valence-electron chi connectivity index (χ2n) is 4.82. The summed E-state index contributed by atoms with van der Waals surface area (Å²) in [6, 6.07) is 7.91. The zero-order valence-corrected chi connectivity index (χ0v) is 11.5. The monoisotopic (exact) mass is 270 g/mol. The van der Waals surface area contributed by atoms with Gasteiger partial charge in [0, 0.05) is 26.2 Å². The number of aryl methyl sites for hydroxylation is 1. The number of ether oxygens (including phenoxy) is 1. The smallest absolute Gasteiger partial charge is 0.225 e. The number of nitrogens with one attached hydrogen (secondary N) is 1. The molecule has 5 heteroatoms. The fraction of sp³-hybridized carbons (Fsp3) is 0.333. The van der Waals surface area contributed by atoms with Crippen LogP contribution < -0.4 is 15.0 Å². The zero-order chi connectivity index (χ0) is 13.8. The van der Waals surface area contributed by atoms with Crippen molar-refractivity contribution in [3.63, 3.8) is 0 Å². The summed E-state index contributed by atoms with van der Waals surface area (Å²) in [7, 11) is 0. The van der Waals surface area contributed by atoms with Gasteiger partial charge in [-0.05, 0) is 18.6 Å². The van der Waals surface area contributed by atoms with Crippen molar-refractivity contribution in [3.05, 3.63) is 42.2 Å². The quantitative estimate of drug-likeness (QED) is 0.924. The molecule has 2 heterocycles. The normalized spacial score (nSPS) is 15.2. The van der Waals surface area contributed by atoms with Crippen molar-refractivity contribution in [1.82, 2.24) is 15.3 Å². The molecule has 0 radical (unpaired) electrons. The summed E-state index contributed by atoms with van der Waals surface area (Å²) in [6.45, 7) is 5.86. The lowest BCUT2D eigenvalue weighted by atomic mass is 10.2. The van der Waals surface area contributed by atoms with Crippen molar-refractivity contribution in [2.45, 2.75) is 6.92 Å². The van der Waals surface area contributed by atoms with E-state index in [0.717, 1.165) is 43.4 Å². The minimum absolute atomic E-state index is 0.665. The van der Waals surface area contributed by atoms with Crippen LogP contribution >= 0.6 is 0 Å². The van der Waals surface area contributed by atoms with Crippen molar-refractivity contribution in [3.8, 4) is 11.5 Å². The van der Waals surface area contributed by atoms with Gasteiger partial charge in [0.05, 0.1) is 12.4 Å². The second-order valence-corrected chi connectivity index (χ2v) is 4.82. The third-order valence-corrected chi connectivity index (χ3v) is 3.34. The number of anilines is 1. The van der Waals surface area contributed by atoms with Gasteiger partial charge in [-0.25, -0.2) is 9.97 Å². The lowest BCUT2D eigenvalue weighted by molar-refractivity contribution is 0.473. The first-order valence-electron chi connectivity index (χ1n) is 6.84. The Hall–Kier alpha value is -2.14. The van der Waals surface area contributed by atoms with Crippen LogP contribution in [0.2, 0.25) is 0 Å². The SMILES string of the molecule is Cc1ccccc1Oc1cnc(N2CCNCC2)nc1. The van der Waals surface area contributed by atoms with Gasteiger partial charge in [0.1, 0.15) is 5.75 Å². The third-order valence-electron chi connectivity index (χ3n) is 3.34. The Morgan fingerprint density at radius 2 is 1.80 bits per heavy atom. The average molecular weight is 270 g/mol. The molecule has 3 rings (SSSR count). The van der Waals surface area contributed by atoms with Gasteiger partial charge in [0.25, 0.3) is 0 Å². The molecule has 0 bridgehead atoms. The molecule has 5 nitrogen and oxygen atoms in total. The highest BCUT2D eigenvalue weighted by molar-refractivity contribution is 5.37. The van der Waals surface area contributed by atoms with E-state index in [9.17, 15) is 0 Å². The molecule has 1 aromatic heterocycles. The van der Waals surface area contributed by atoms with Crippen LogP contribution in [-0.2, 0) is 0 Å². The third kappa shape index (κ3) is 2.88. The molecule has 1 aliphatic rings. The maximum absolute atomic E-state index is 5.80. The lowest BCUT2D eigenvalue weighted by Crippen LogP contribution is -2.44. The number of aromatic nitrogens is 2. The van der Waals surface area contributed by atoms with E-state index >= 15 is 0 Å². The Kier molecular flexibility index (Phi) is 3.78. The summed E-state index contributed by atoms with van der Waals surface area (Å²) in [5.74, 6) is 2.27. The number of benzene rings is 1. The van der Waals surface area contributed by atoms with Crippen LogP contribution in [0.4, 0.5) is 5.95 Å². The largest absolute Gasteiger partial charge is 0.454 e. The van der Waals surface area contributed by atoms with Gasteiger partial charge in [0.15, 0.2) is 5.75 Å². The van der Waals surface area contributed by atoms with Gasteiger partial charge in [-0.2, -0.15) is 0 Å². The summed E-state index contributed by atoms with van der Waals surface area (Å²) in [5.41, 5.74) is 1.10. The topological polar surface area (TPSA) is 50.3 Å². The van der Waals surface area contributed by atoms with Gasteiger partial charge < -0.3 is 15.0 Å². The van der Waals surface area contributed by atoms with Crippen molar-refractivity contribution < 1.29 is 4.74 Å². The predicted molar refractivity (Wildman–Crippen MR) is 78.4 cm³/mol. The zero-order valence-electron chi connectivity index (χ0n) is 11.5. The van der Waals surface area contributed by atoms with Gasteiger partial charge in [-0.3, -0.25) is 0 Å². The van der Waals surface area contributed by atoms with Crippen LogP contribution in [0.15, 0.2) is 36.7 Å². The number of rotatable bonds is 3. The fourth-order valence-corrected chi connectivity index (χ4v) is 2.19. The average Bonchev–Trinajstić information content (AvgIpc) is 2.51. The van der Waals surface area contributed by atoms with E-state index in [2.05, 4.69) is 20.2 Å². The van der Waals surface area contributed by atoms with Crippen LogP contribution in [-0.4, -0.2) is 36.1 Å². The number of hydrogen-bond acceptors (Lipinski definition) is 5. The number of piperazine rings is 1. The summed E-state index contributed by atoms with van der Waals surface area (Å²) in [4.78, 5) is 11.0. The molecular weight excluding hydrogens is 252 g/mol. The first-order valence-corrected chi connectivity index (χ1v) is 6.84. The number of nitrogens with zero attached hydrogens (tertiary/aromatic N) is 3. The first-order chi connectivity index (χ1) is 9.83. The highest BCUT2D eigenvalue weighted by atomic mass is 16.5. The first kappa shape index (κ1) is 12.9. The molecule has 20 heavy (non-hydrogen) atoms. The fourth-order valence-electron chi connectivity index (χ4n) is 2.19. The molecule has 0 spiro atoms. The summed E-state index contributed by atoms with van der Waals surface area (Å²) in [6.07, 6.45) is 3.47. The highest BCUT2D eigenvalue weighted by Gasteiger charge is 2.12. The molecule has 1 aromatic carbocycles. The van der Waals surface area contributed by atoms with Crippen molar-refractivity contribution in [1.29, 1.82) is 0 Å². The predicted octanol–water partition coefficient (Wildman–Crippen LogP) is 1.99. The molecule has 0 atom stereocenters. The van der Waals surface area contributed by atoms with E-state index in [1.807, 2.05) is 31.2 Å². The van der Waals surface area contributed by atoms with E-state index in [1.165, 1.54) is 0 Å². The van der Waals surface area contributed by atoms with Crippen LogP contribution in [0.1, 0.15) is 5.56 Å². The van der Waals surface area contributed by atoms with E-state index in [0.29, 0.717) is 5.75 Å². The molecule has 0 saturated carbocycles. The molecule has 1 fully saturated rings. The van der Waals surface area contributed by atoms with Gasteiger partial charge in [-0.1, -0.05) is 18.2 Å². The van der Waals surface area contributed by atoms with Crippen LogP contribution in [0.25, 0.3) is 0 Å². The standard InChI is InChI=1S/C15H18N4O/c1-12-4-2-3-5-14(12)20-13-10-17-15(18-11-13)19-8-6-16-7-9-19/h2-5,10-11,16H,6-9H2,1H3. The molecule has 1 aliphatic heterocycles. The molecule has 0 amide bonds. The molecule has 1 saturated heterocycles. The second kappa shape index (κ2) is 5.88. The number of para-hydroxylation sites is 1. The molecule has 1 N–H and O–H groups in total. The van der Waals surface area contributed by atoms with Gasteiger partial charge >= 0.3 is 0 Å². The minimum Gasteiger partial charge on any atom is -0.454 e. The molecule has 2 aromatic rings. The maximum Gasteiger partial charge on any atom is 0.225 e. The Morgan fingerprint density at radius 1 is 1.10 bits per heavy atom. The van der Waals surface area contributed by atoms with E-state index in [4.69, 9.17) is 4.74 Å². The summed E-state index contributed by atoms with van der Waals surface area (Å²) in [5, 5.41) is 3.31. The maximum atomic E-state index is 5.80. The van der Waals surface area contributed by atoms with E-state index < -0.39 is 0 Å². The van der Waals surface area contributed by atoms with E-state index in [-0.39, 0.29) is 0 Å². The Labute approximate surface area is 118 Å². The Balaban J connectivity index is 1.71. The Morgan fingerprint density at radius 3 is 2.50 bits per heavy atom. The van der Waals surface area contributed by atoms with Crippen LogP contribution in [0.5, 0.6) is 11.5 Å². The molecular formula is C15H18N4O. The number of hydrogen-bond donors (Lipinski definition) is 1. The minimum atomic E-state index is 0.665. The summed E-state index contributed by atoms with van der Waals surface area (Å²) >= 11 is 0. The van der Waals surface area contributed by atoms with Crippen molar-refractivity contribution >= 4 is 5.95 Å². The highest BCUT2D eigenvalue weighted by Crippen LogP contribution is 2.24. The van der Waals surface area contributed by atoms with Crippen molar-refractivity contribution in [2.75, 3.05) is 31.1 Å². The molecule has 0 unspecified atom stereocenters. The molecule has 0 aliphatic carbocycles. The van der Waals surface area contributed by atoms with Crippen LogP contribution in [0, 0.1) is 6.92 Å². The van der Waals surface area contributed by atoms with Crippen LogP contribution in [0.3, 0.4) is 0 Å². The van der Waals surface area contributed by atoms with E-state index in [1.54, 1.807) is 12.4 Å². The molecule has 104 valence electrons. The van der Waals surface area contributed by atoms with Gasteiger partial charge in [0.2, 0.25) is 5.95 Å². The summed E-state index contributed by atoms with van der Waals surface area (Å²) < 4.78 is 5.80.